The molecular formula is C16H18N4S2. The molecule has 0 aliphatic heterocycles. The Morgan fingerprint density at radius 3 is 2.05 bits per heavy atom. The third-order valence-electron chi connectivity index (χ3n) is 2.91. The molecule has 4 N–H and O–H groups in total. The Labute approximate surface area is 141 Å². The van der Waals surface area contributed by atoms with E-state index in [0.717, 1.165) is 17.8 Å². The molecule has 0 aliphatic carbocycles. The molecule has 4 nitrogen and oxygen atoms in total. The van der Waals surface area contributed by atoms with Crippen molar-refractivity contribution < 1.29 is 0 Å². The molecule has 0 bridgehead atoms. The molecule has 0 aliphatic rings. The number of nitrogens with one attached hydrogen (secondary N) is 4. The van der Waals surface area contributed by atoms with Crippen molar-refractivity contribution in [2.45, 2.75) is 13.3 Å². The van der Waals surface area contributed by atoms with Crippen LogP contribution in [-0.4, -0.2) is 10.2 Å². The average molecular weight is 330 g/mol. The van der Waals surface area contributed by atoms with Crippen LogP contribution in [0.25, 0.3) is 0 Å². The molecule has 0 atom stereocenters. The van der Waals surface area contributed by atoms with E-state index in [0.29, 0.717) is 10.2 Å². The van der Waals surface area contributed by atoms with Gasteiger partial charge in [-0.2, -0.15) is 0 Å². The quantitative estimate of drug-likeness (QED) is 0.511. The number of rotatable bonds is 3. The summed E-state index contributed by atoms with van der Waals surface area (Å²) in [7, 11) is 0. The van der Waals surface area contributed by atoms with Crippen LogP contribution in [0.5, 0.6) is 0 Å². The average Bonchev–Trinajstić information content (AvgIpc) is 2.54. The second-order valence-corrected chi connectivity index (χ2v) is 5.39. The number of thiocarbonyl (C=S) groups is 2. The van der Waals surface area contributed by atoms with Crippen molar-refractivity contribution >= 4 is 46.0 Å². The maximum absolute atomic E-state index is 5.23. The van der Waals surface area contributed by atoms with Gasteiger partial charge in [0.25, 0.3) is 0 Å². The Bertz CT molecular complexity index is 644. The van der Waals surface area contributed by atoms with Gasteiger partial charge in [0.15, 0.2) is 10.2 Å². The normalized spacial score (nSPS) is 9.68. The first-order valence-corrected chi connectivity index (χ1v) is 7.77. The maximum Gasteiger partial charge on any atom is 0.189 e. The van der Waals surface area contributed by atoms with Crippen LogP contribution in [0.4, 0.5) is 11.4 Å². The highest BCUT2D eigenvalue weighted by Gasteiger charge is 2.00. The van der Waals surface area contributed by atoms with Crippen LogP contribution in [0.3, 0.4) is 0 Å². The van der Waals surface area contributed by atoms with Gasteiger partial charge in [-0.3, -0.25) is 10.9 Å². The topological polar surface area (TPSA) is 48.1 Å². The summed E-state index contributed by atoms with van der Waals surface area (Å²) < 4.78 is 0. The Balaban J connectivity index is 1.78. The number of benzene rings is 2. The van der Waals surface area contributed by atoms with E-state index in [1.807, 2.05) is 42.5 Å². The van der Waals surface area contributed by atoms with Gasteiger partial charge in [0.2, 0.25) is 0 Å². The second kappa shape index (κ2) is 8.31. The van der Waals surface area contributed by atoms with E-state index in [2.05, 4.69) is 40.5 Å². The van der Waals surface area contributed by atoms with Crippen molar-refractivity contribution in [2.24, 2.45) is 0 Å². The molecule has 2 aromatic carbocycles. The third kappa shape index (κ3) is 5.31. The molecule has 0 amide bonds. The summed E-state index contributed by atoms with van der Waals surface area (Å²) >= 11 is 10.4. The second-order valence-electron chi connectivity index (χ2n) is 4.58. The fourth-order valence-electron chi connectivity index (χ4n) is 1.83. The maximum atomic E-state index is 5.23. The summed E-state index contributed by atoms with van der Waals surface area (Å²) in [6, 6.07) is 17.8. The molecule has 114 valence electrons. The molecule has 0 spiro atoms. The standard InChI is InChI=1S/C16H18N4S2/c1-2-12-7-6-10-14(11-12)18-16(22)20-19-15(21)17-13-8-4-3-5-9-13/h3-11H,2H2,1H3,(H2,17,19,21)(H2,18,20,22). The van der Waals surface area contributed by atoms with Crippen LogP contribution in [0.2, 0.25) is 0 Å². The Kier molecular flexibility index (Phi) is 6.12. The first-order valence-electron chi connectivity index (χ1n) is 6.95. The van der Waals surface area contributed by atoms with Crippen LogP contribution in [-0.2, 0) is 6.42 Å². The van der Waals surface area contributed by atoms with E-state index in [4.69, 9.17) is 24.4 Å². The van der Waals surface area contributed by atoms with E-state index >= 15 is 0 Å². The van der Waals surface area contributed by atoms with Gasteiger partial charge >= 0.3 is 0 Å². The van der Waals surface area contributed by atoms with Crippen LogP contribution < -0.4 is 21.5 Å². The molecule has 0 saturated carbocycles. The summed E-state index contributed by atoms with van der Waals surface area (Å²) in [5.41, 5.74) is 8.81. The summed E-state index contributed by atoms with van der Waals surface area (Å²) in [6.45, 7) is 2.12. The lowest BCUT2D eigenvalue weighted by molar-refractivity contribution is 0.885. The van der Waals surface area contributed by atoms with Gasteiger partial charge in [0.1, 0.15) is 0 Å². The first-order chi connectivity index (χ1) is 10.7. The van der Waals surface area contributed by atoms with E-state index in [-0.39, 0.29) is 0 Å². The van der Waals surface area contributed by atoms with Gasteiger partial charge in [-0.05, 0) is 60.7 Å². The van der Waals surface area contributed by atoms with E-state index in [1.54, 1.807) is 0 Å². The highest BCUT2D eigenvalue weighted by atomic mass is 32.1. The highest BCUT2D eigenvalue weighted by molar-refractivity contribution is 7.81. The molecule has 0 saturated heterocycles. The molecule has 6 heteroatoms. The van der Waals surface area contributed by atoms with Crippen molar-refractivity contribution in [1.82, 2.24) is 10.9 Å². The van der Waals surface area contributed by atoms with Crippen LogP contribution in [0.1, 0.15) is 12.5 Å². The third-order valence-corrected chi connectivity index (χ3v) is 3.32. The number of hydrazine groups is 1. The van der Waals surface area contributed by atoms with Crippen molar-refractivity contribution in [3.63, 3.8) is 0 Å². The lowest BCUT2D eigenvalue weighted by Gasteiger charge is -2.14. The Hall–Kier alpha value is -2.18. The van der Waals surface area contributed by atoms with Crippen molar-refractivity contribution in [1.29, 1.82) is 0 Å². The van der Waals surface area contributed by atoms with Crippen molar-refractivity contribution in [2.75, 3.05) is 10.6 Å². The predicted octanol–water partition coefficient (Wildman–Crippen LogP) is 3.44. The minimum atomic E-state index is 0.442. The monoisotopic (exact) mass is 330 g/mol. The van der Waals surface area contributed by atoms with Crippen LogP contribution in [0.15, 0.2) is 54.6 Å². The van der Waals surface area contributed by atoms with Gasteiger partial charge < -0.3 is 10.6 Å². The lowest BCUT2D eigenvalue weighted by atomic mass is 10.1. The predicted molar refractivity (Wildman–Crippen MR) is 101 cm³/mol. The summed E-state index contributed by atoms with van der Waals surface area (Å²) in [5, 5.41) is 7.05. The minimum absolute atomic E-state index is 0.442. The Morgan fingerprint density at radius 2 is 1.41 bits per heavy atom. The smallest absolute Gasteiger partial charge is 0.189 e. The number of hydrogen-bond acceptors (Lipinski definition) is 2. The van der Waals surface area contributed by atoms with Gasteiger partial charge in [0.05, 0.1) is 0 Å². The largest absolute Gasteiger partial charge is 0.331 e. The molecule has 2 rings (SSSR count). The molecule has 0 fully saturated rings. The van der Waals surface area contributed by atoms with E-state index in [9.17, 15) is 0 Å². The number of anilines is 2. The van der Waals surface area contributed by atoms with Gasteiger partial charge in [-0.25, -0.2) is 0 Å². The summed E-state index contributed by atoms with van der Waals surface area (Å²) in [5.74, 6) is 0. The minimum Gasteiger partial charge on any atom is -0.331 e. The number of para-hydroxylation sites is 1. The zero-order chi connectivity index (χ0) is 15.8. The van der Waals surface area contributed by atoms with E-state index in [1.165, 1.54) is 5.56 Å². The number of hydrogen-bond donors (Lipinski definition) is 4. The number of aryl methyl sites for hydroxylation is 1. The fourth-order valence-corrected chi connectivity index (χ4v) is 2.17. The van der Waals surface area contributed by atoms with Gasteiger partial charge in [0, 0.05) is 11.4 Å². The van der Waals surface area contributed by atoms with Gasteiger partial charge in [-0.1, -0.05) is 37.3 Å². The zero-order valence-electron chi connectivity index (χ0n) is 12.2. The highest BCUT2D eigenvalue weighted by Crippen LogP contribution is 2.10. The molecular weight excluding hydrogens is 312 g/mol. The van der Waals surface area contributed by atoms with Crippen LogP contribution >= 0.6 is 24.4 Å². The lowest BCUT2D eigenvalue weighted by Crippen LogP contribution is -2.45. The Morgan fingerprint density at radius 1 is 0.818 bits per heavy atom. The molecule has 22 heavy (non-hydrogen) atoms. The fraction of sp³-hybridized carbons (Fsp3) is 0.125. The molecule has 0 aromatic heterocycles. The molecule has 0 heterocycles. The molecule has 2 aromatic rings. The zero-order valence-corrected chi connectivity index (χ0v) is 13.9. The van der Waals surface area contributed by atoms with Crippen LogP contribution in [0, 0.1) is 0 Å². The first kappa shape index (κ1) is 16.2. The van der Waals surface area contributed by atoms with Crippen molar-refractivity contribution in [3.8, 4) is 0 Å². The van der Waals surface area contributed by atoms with Crippen molar-refractivity contribution in [3.05, 3.63) is 60.2 Å². The summed E-state index contributed by atoms with van der Waals surface area (Å²) in [6.07, 6.45) is 0.985. The SMILES string of the molecule is CCc1cccc(NC(=S)NNC(=S)Nc2ccccc2)c1. The van der Waals surface area contributed by atoms with E-state index < -0.39 is 0 Å². The van der Waals surface area contributed by atoms with Gasteiger partial charge in [-0.15, -0.1) is 0 Å². The molecule has 0 unspecified atom stereocenters. The molecule has 0 radical (unpaired) electrons. The summed E-state index contributed by atoms with van der Waals surface area (Å²) in [4.78, 5) is 0.